The number of nitrogens with one attached hydrogen (secondary N) is 1. The number of anilines is 1. The predicted molar refractivity (Wildman–Crippen MR) is 115 cm³/mol. The van der Waals surface area contributed by atoms with Crippen molar-refractivity contribution in [1.82, 2.24) is 10.3 Å². The molecule has 154 valence electrons. The Bertz CT molecular complexity index is 818. The van der Waals surface area contributed by atoms with Crippen LogP contribution in [0.4, 0.5) is 5.82 Å². The average molecular weight is 415 g/mol. The van der Waals surface area contributed by atoms with E-state index in [1.807, 2.05) is 38.1 Å². The smallest absolute Gasteiger partial charge is 0.142 e. The van der Waals surface area contributed by atoms with E-state index in [-0.39, 0.29) is 0 Å². The molecule has 1 aliphatic rings. The number of hydrogen-bond donors (Lipinski definition) is 1. The number of halogens is 1. The summed E-state index contributed by atoms with van der Waals surface area (Å²) in [6, 6.07) is 10.2. The molecule has 7 heteroatoms. The van der Waals surface area contributed by atoms with Crippen molar-refractivity contribution in [1.29, 1.82) is 5.26 Å². The fourth-order valence-electron chi connectivity index (χ4n) is 3.57. The molecule has 0 amide bonds. The van der Waals surface area contributed by atoms with Crippen LogP contribution < -0.4 is 19.7 Å². The Labute approximate surface area is 177 Å². The van der Waals surface area contributed by atoms with Crippen molar-refractivity contribution >= 4 is 17.4 Å². The highest BCUT2D eigenvalue weighted by atomic mass is 35.5. The molecular weight excluding hydrogens is 388 g/mol. The lowest BCUT2D eigenvalue weighted by atomic mass is 10.0. The van der Waals surface area contributed by atoms with Gasteiger partial charge in [-0.15, -0.1) is 0 Å². The molecule has 6 nitrogen and oxygen atoms in total. The van der Waals surface area contributed by atoms with Gasteiger partial charge in [-0.2, -0.15) is 5.26 Å². The Morgan fingerprint density at radius 2 is 1.83 bits per heavy atom. The normalized spacial score (nSPS) is 14.3. The van der Waals surface area contributed by atoms with E-state index in [4.69, 9.17) is 26.3 Å². The number of nitrogens with zero attached hydrogens (tertiary/aromatic N) is 3. The van der Waals surface area contributed by atoms with Gasteiger partial charge in [0.2, 0.25) is 0 Å². The molecule has 2 heterocycles. The van der Waals surface area contributed by atoms with Crippen molar-refractivity contribution in [2.45, 2.75) is 39.3 Å². The molecule has 2 aromatic rings. The topological polar surface area (TPSA) is 70.4 Å². The number of rotatable bonds is 8. The molecule has 1 aromatic carbocycles. The molecule has 0 bridgehead atoms. The molecule has 1 aliphatic heterocycles. The second-order valence-corrected chi connectivity index (χ2v) is 7.28. The minimum atomic E-state index is 0.360. The van der Waals surface area contributed by atoms with Gasteiger partial charge in [0.05, 0.1) is 18.8 Å². The summed E-state index contributed by atoms with van der Waals surface area (Å²) in [6.45, 7) is 7.55. The van der Waals surface area contributed by atoms with Crippen LogP contribution in [0.5, 0.6) is 11.5 Å². The van der Waals surface area contributed by atoms with Crippen LogP contribution in [0.25, 0.3) is 0 Å². The van der Waals surface area contributed by atoms with Crippen LogP contribution in [0.1, 0.15) is 37.8 Å². The summed E-state index contributed by atoms with van der Waals surface area (Å²) in [7, 11) is 0. The second-order valence-electron chi connectivity index (χ2n) is 6.90. The van der Waals surface area contributed by atoms with Crippen molar-refractivity contribution < 1.29 is 9.47 Å². The number of ether oxygens (including phenoxy) is 2. The molecule has 1 N–H and O–H groups in total. The molecular formula is C22H27ClN4O2. The third-order valence-electron chi connectivity index (χ3n) is 4.94. The number of piperidine rings is 1. The van der Waals surface area contributed by atoms with Crippen molar-refractivity contribution in [3.05, 3.63) is 46.6 Å². The number of benzene rings is 1. The van der Waals surface area contributed by atoms with Crippen molar-refractivity contribution in [2.75, 3.05) is 31.2 Å². The van der Waals surface area contributed by atoms with Gasteiger partial charge in [0.15, 0.2) is 0 Å². The maximum atomic E-state index is 9.09. The maximum absolute atomic E-state index is 9.09. The summed E-state index contributed by atoms with van der Waals surface area (Å²) in [4.78, 5) is 6.85. The summed E-state index contributed by atoms with van der Waals surface area (Å²) < 4.78 is 11.5. The monoisotopic (exact) mass is 414 g/mol. The van der Waals surface area contributed by atoms with Crippen molar-refractivity contribution in [3.63, 3.8) is 0 Å². The SMILES string of the molecule is CCOc1cc(CN(c2ccc(C#N)cn2)C2CCNCC2)cc(OCC)c1Cl. The van der Waals surface area contributed by atoms with E-state index in [2.05, 4.69) is 21.3 Å². The first-order chi connectivity index (χ1) is 14.2. The molecule has 0 atom stereocenters. The van der Waals surface area contributed by atoms with E-state index in [1.165, 1.54) is 0 Å². The molecule has 1 aromatic heterocycles. The summed E-state index contributed by atoms with van der Waals surface area (Å²) in [5.41, 5.74) is 1.61. The van der Waals surface area contributed by atoms with Gasteiger partial charge in [-0.25, -0.2) is 4.98 Å². The summed E-state index contributed by atoms with van der Waals surface area (Å²) in [6.07, 6.45) is 3.69. The zero-order valence-electron chi connectivity index (χ0n) is 16.9. The van der Waals surface area contributed by atoms with Gasteiger partial charge < -0.3 is 19.7 Å². The molecule has 0 radical (unpaired) electrons. The first kappa shape index (κ1) is 21.2. The highest BCUT2D eigenvalue weighted by Crippen LogP contribution is 2.37. The van der Waals surface area contributed by atoms with Crippen LogP contribution in [-0.4, -0.2) is 37.3 Å². The van der Waals surface area contributed by atoms with Gasteiger partial charge >= 0.3 is 0 Å². The summed E-state index contributed by atoms with van der Waals surface area (Å²) in [5, 5.41) is 13.0. The lowest BCUT2D eigenvalue weighted by Gasteiger charge is -2.36. The van der Waals surface area contributed by atoms with Crippen LogP contribution in [0, 0.1) is 11.3 Å². The van der Waals surface area contributed by atoms with E-state index in [1.54, 1.807) is 6.20 Å². The van der Waals surface area contributed by atoms with E-state index in [9.17, 15) is 0 Å². The van der Waals surface area contributed by atoms with Gasteiger partial charge in [0.25, 0.3) is 0 Å². The summed E-state index contributed by atoms with van der Waals surface area (Å²) >= 11 is 6.46. The van der Waals surface area contributed by atoms with Crippen molar-refractivity contribution in [2.24, 2.45) is 0 Å². The predicted octanol–water partition coefficient (Wildman–Crippen LogP) is 4.16. The first-order valence-corrected chi connectivity index (χ1v) is 10.5. The summed E-state index contributed by atoms with van der Waals surface area (Å²) in [5.74, 6) is 2.13. The van der Waals surface area contributed by atoms with E-state index >= 15 is 0 Å². The minimum absolute atomic E-state index is 0.360. The van der Waals surface area contributed by atoms with Gasteiger partial charge in [-0.3, -0.25) is 0 Å². The zero-order chi connectivity index (χ0) is 20.6. The largest absolute Gasteiger partial charge is 0.492 e. The third-order valence-corrected chi connectivity index (χ3v) is 5.31. The molecule has 0 saturated carbocycles. The maximum Gasteiger partial charge on any atom is 0.142 e. The van der Waals surface area contributed by atoms with Gasteiger partial charge in [-0.05, 0) is 69.6 Å². The first-order valence-electron chi connectivity index (χ1n) is 10.1. The lowest BCUT2D eigenvalue weighted by molar-refractivity contribution is 0.322. The van der Waals surface area contributed by atoms with Gasteiger partial charge in [0.1, 0.15) is 28.4 Å². The Hall–Kier alpha value is -2.49. The molecule has 3 rings (SSSR count). The number of hydrogen-bond acceptors (Lipinski definition) is 6. The van der Waals surface area contributed by atoms with E-state index in [0.29, 0.717) is 47.9 Å². The fourth-order valence-corrected chi connectivity index (χ4v) is 3.79. The quantitative estimate of drug-likeness (QED) is 0.699. The molecule has 1 saturated heterocycles. The Balaban J connectivity index is 1.94. The van der Waals surface area contributed by atoms with Crippen molar-refractivity contribution in [3.8, 4) is 17.6 Å². The number of pyridine rings is 1. The fraction of sp³-hybridized carbons (Fsp3) is 0.455. The Kier molecular flexibility index (Phi) is 7.56. The van der Waals surface area contributed by atoms with Crippen LogP contribution in [-0.2, 0) is 6.54 Å². The molecule has 0 unspecified atom stereocenters. The average Bonchev–Trinajstić information content (AvgIpc) is 2.76. The van der Waals surface area contributed by atoms with E-state index in [0.717, 1.165) is 37.3 Å². The van der Waals surface area contributed by atoms with Crippen LogP contribution in [0.2, 0.25) is 5.02 Å². The third kappa shape index (κ3) is 5.31. The number of aromatic nitrogens is 1. The zero-order valence-corrected chi connectivity index (χ0v) is 17.7. The Morgan fingerprint density at radius 1 is 1.17 bits per heavy atom. The van der Waals surface area contributed by atoms with Gasteiger partial charge in [-0.1, -0.05) is 11.6 Å². The molecule has 0 spiro atoms. The molecule has 0 aliphatic carbocycles. The van der Waals surface area contributed by atoms with E-state index < -0.39 is 0 Å². The van der Waals surface area contributed by atoms with Gasteiger partial charge in [0, 0.05) is 18.8 Å². The lowest BCUT2D eigenvalue weighted by Crippen LogP contribution is -2.43. The standard InChI is InChI=1S/C22H27ClN4O2/c1-3-28-19-11-17(12-20(22(19)23)29-4-2)15-27(18-7-9-25-10-8-18)21-6-5-16(13-24)14-26-21/h5-6,11-12,14,18,25H,3-4,7-10,15H2,1-2H3. The van der Waals surface area contributed by atoms with Crippen LogP contribution in [0.15, 0.2) is 30.5 Å². The van der Waals surface area contributed by atoms with Crippen LogP contribution in [0.3, 0.4) is 0 Å². The minimum Gasteiger partial charge on any atom is -0.492 e. The Morgan fingerprint density at radius 3 is 2.34 bits per heavy atom. The second kappa shape index (κ2) is 10.3. The molecule has 29 heavy (non-hydrogen) atoms. The molecule has 1 fully saturated rings. The number of nitriles is 1. The van der Waals surface area contributed by atoms with Crippen LogP contribution >= 0.6 is 11.6 Å². The highest BCUT2D eigenvalue weighted by molar-refractivity contribution is 6.33. The highest BCUT2D eigenvalue weighted by Gasteiger charge is 2.23.